The Balaban J connectivity index is 1.27. The normalized spacial score (nSPS) is 21.5. The van der Waals surface area contributed by atoms with Crippen LogP contribution in [-0.2, 0) is 16.1 Å². The molecule has 0 saturated carbocycles. The van der Waals surface area contributed by atoms with E-state index < -0.39 is 30.0 Å². The fourth-order valence-corrected chi connectivity index (χ4v) is 5.29. The molecule has 0 radical (unpaired) electrons. The van der Waals surface area contributed by atoms with E-state index in [1.165, 1.54) is 28.0 Å². The second kappa shape index (κ2) is 10.6. The molecule has 9 nitrogen and oxygen atoms in total. The molecule has 1 unspecified atom stereocenters. The molecule has 0 aliphatic carbocycles. The zero-order valence-corrected chi connectivity index (χ0v) is 20.8. The van der Waals surface area contributed by atoms with E-state index in [-0.39, 0.29) is 49.4 Å². The number of fused-ring (bicyclic) bond motifs is 1. The highest BCUT2D eigenvalue weighted by atomic mass is 19.4. The molecular formula is C27H26F3N3O6. The van der Waals surface area contributed by atoms with E-state index in [0.29, 0.717) is 36.3 Å². The minimum absolute atomic E-state index is 0.109. The summed E-state index contributed by atoms with van der Waals surface area (Å²) in [6.45, 7) is 0.673. The first kappa shape index (κ1) is 26.5. The molecule has 2 atom stereocenters. The van der Waals surface area contributed by atoms with Crippen LogP contribution in [0.5, 0.6) is 11.5 Å². The number of amides is 4. The SMILES string of the molecule is O=C1CCC(N2Cc3cc(OC[C@H]4CCCCN4C(=O)c4ccccc4OC(F)(F)F)ccc3C2=O)C(=O)N1. The van der Waals surface area contributed by atoms with Crippen molar-refractivity contribution in [2.45, 2.75) is 57.1 Å². The Morgan fingerprint density at radius 2 is 1.85 bits per heavy atom. The van der Waals surface area contributed by atoms with Gasteiger partial charge in [-0.25, -0.2) is 0 Å². The number of likely N-dealkylation sites (tertiary alicyclic amines) is 1. The van der Waals surface area contributed by atoms with Gasteiger partial charge < -0.3 is 19.3 Å². The zero-order chi connectivity index (χ0) is 27.7. The van der Waals surface area contributed by atoms with E-state index in [2.05, 4.69) is 10.1 Å². The minimum Gasteiger partial charge on any atom is -0.491 e. The maximum absolute atomic E-state index is 13.3. The quantitative estimate of drug-likeness (QED) is 0.558. The lowest BCUT2D eigenvalue weighted by Crippen LogP contribution is -2.52. The largest absolute Gasteiger partial charge is 0.573 e. The average molecular weight is 546 g/mol. The molecule has 5 rings (SSSR count). The third kappa shape index (κ3) is 5.69. The molecule has 3 aliphatic rings. The number of halogens is 3. The van der Waals surface area contributed by atoms with Gasteiger partial charge in [0, 0.05) is 25.1 Å². The standard InChI is InChI=1S/C27H26F3N3O6/c28-27(29,30)39-22-7-2-1-6-20(22)26(37)32-12-4-3-5-17(32)15-38-18-8-9-19-16(13-18)14-33(25(19)36)21-10-11-23(34)31-24(21)35/h1-2,6-9,13,17,21H,3-5,10-12,14-15H2,(H,31,34,35)/t17-,21?/m1/s1. The summed E-state index contributed by atoms with van der Waals surface area (Å²) in [5.74, 6) is -1.80. The number of imide groups is 1. The van der Waals surface area contributed by atoms with Gasteiger partial charge in [0.15, 0.2) is 0 Å². The van der Waals surface area contributed by atoms with Crippen LogP contribution in [0.25, 0.3) is 0 Å². The number of nitrogens with one attached hydrogen (secondary N) is 1. The van der Waals surface area contributed by atoms with Crippen LogP contribution < -0.4 is 14.8 Å². The lowest BCUT2D eigenvalue weighted by molar-refractivity contribution is -0.274. The third-order valence-electron chi connectivity index (χ3n) is 7.17. The second-order valence-corrected chi connectivity index (χ2v) is 9.72. The molecule has 3 heterocycles. The van der Waals surface area contributed by atoms with E-state index in [9.17, 15) is 32.3 Å². The monoisotopic (exact) mass is 545 g/mol. The van der Waals surface area contributed by atoms with Crippen molar-refractivity contribution in [2.24, 2.45) is 0 Å². The number of hydrogen-bond donors (Lipinski definition) is 1. The summed E-state index contributed by atoms with van der Waals surface area (Å²) in [4.78, 5) is 52.9. The maximum atomic E-state index is 13.3. The first-order valence-corrected chi connectivity index (χ1v) is 12.7. The molecule has 2 aromatic carbocycles. The number of rotatable bonds is 6. The number of hydrogen-bond acceptors (Lipinski definition) is 6. The Labute approximate surface area is 221 Å². The highest BCUT2D eigenvalue weighted by Gasteiger charge is 2.39. The lowest BCUT2D eigenvalue weighted by Gasteiger charge is -2.36. The summed E-state index contributed by atoms with van der Waals surface area (Å²) in [5, 5.41) is 2.27. The van der Waals surface area contributed by atoms with Crippen molar-refractivity contribution < 1.29 is 41.8 Å². The Kier molecular flexibility index (Phi) is 7.19. The fourth-order valence-electron chi connectivity index (χ4n) is 5.29. The molecule has 2 saturated heterocycles. The van der Waals surface area contributed by atoms with E-state index in [0.717, 1.165) is 12.5 Å². The summed E-state index contributed by atoms with van der Waals surface area (Å²) in [6.07, 6.45) is -2.35. The predicted molar refractivity (Wildman–Crippen MR) is 130 cm³/mol. The van der Waals surface area contributed by atoms with E-state index in [4.69, 9.17) is 4.74 Å². The molecule has 3 aliphatic heterocycles. The number of piperidine rings is 2. The molecule has 0 aromatic heterocycles. The summed E-state index contributed by atoms with van der Waals surface area (Å²) < 4.78 is 48.7. The predicted octanol–water partition coefficient (Wildman–Crippen LogP) is 3.42. The lowest BCUT2D eigenvalue weighted by atomic mass is 10.0. The van der Waals surface area contributed by atoms with Crippen LogP contribution in [0, 0.1) is 0 Å². The highest BCUT2D eigenvalue weighted by Crippen LogP contribution is 2.32. The van der Waals surface area contributed by atoms with Crippen LogP contribution in [0.2, 0.25) is 0 Å². The molecule has 1 N–H and O–H groups in total. The van der Waals surface area contributed by atoms with Crippen LogP contribution >= 0.6 is 0 Å². The Hall–Kier alpha value is -4.09. The van der Waals surface area contributed by atoms with E-state index >= 15 is 0 Å². The maximum Gasteiger partial charge on any atom is 0.573 e. The molecular weight excluding hydrogens is 519 g/mol. The summed E-state index contributed by atoms with van der Waals surface area (Å²) in [6, 6.07) is 9.13. The van der Waals surface area contributed by atoms with E-state index in [1.54, 1.807) is 18.2 Å². The Morgan fingerprint density at radius 1 is 1.05 bits per heavy atom. The Morgan fingerprint density at radius 3 is 2.62 bits per heavy atom. The van der Waals surface area contributed by atoms with Gasteiger partial charge in [-0.1, -0.05) is 12.1 Å². The van der Waals surface area contributed by atoms with Crippen molar-refractivity contribution in [3.8, 4) is 11.5 Å². The Bertz CT molecular complexity index is 1310. The van der Waals surface area contributed by atoms with Gasteiger partial charge in [-0.15, -0.1) is 13.2 Å². The molecule has 39 heavy (non-hydrogen) atoms. The van der Waals surface area contributed by atoms with Crippen molar-refractivity contribution in [3.05, 3.63) is 59.2 Å². The van der Waals surface area contributed by atoms with Crippen LogP contribution in [0.15, 0.2) is 42.5 Å². The highest BCUT2D eigenvalue weighted by molar-refractivity contribution is 6.05. The average Bonchev–Trinajstić information content (AvgIpc) is 3.22. The smallest absolute Gasteiger partial charge is 0.491 e. The van der Waals surface area contributed by atoms with Crippen molar-refractivity contribution in [2.75, 3.05) is 13.2 Å². The van der Waals surface area contributed by atoms with Crippen molar-refractivity contribution in [3.63, 3.8) is 0 Å². The number of para-hydroxylation sites is 1. The molecule has 0 bridgehead atoms. The first-order chi connectivity index (χ1) is 18.6. The molecule has 2 fully saturated rings. The number of carbonyl (C=O) groups is 4. The van der Waals surface area contributed by atoms with Crippen molar-refractivity contribution >= 4 is 23.6 Å². The van der Waals surface area contributed by atoms with Crippen LogP contribution in [0.3, 0.4) is 0 Å². The summed E-state index contributed by atoms with van der Waals surface area (Å²) in [7, 11) is 0. The molecule has 12 heteroatoms. The summed E-state index contributed by atoms with van der Waals surface area (Å²) >= 11 is 0. The van der Waals surface area contributed by atoms with Gasteiger partial charge in [-0.05, 0) is 61.6 Å². The van der Waals surface area contributed by atoms with Gasteiger partial charge in [0.2, 0.25) is 11.8 Å². The topological polar surface area (TPSA) is 105 Å². The zero-order valence-electron chi connectivity index (χ0n) is 20.8. The second-order valence-electron chi connectivity index (χ2n) is 9.72. The van der Waals surface area contributed by atoms with E-state index in [1.807, 2.05) is 0 Å². The molecule has 206 valence electrons. The van der Waals surface area contributed by atoms with Crippen molar-refractivity contribution in [1.29, 1.82) is 0 Å². The van der Waals surface area contributed by atoms with Gasteiger partial charge in [0.25, 0.3) is 11.8 Å². The summed E-state index contributed by atoms with van der Waals surface area (Å²) in [5.41, 5.74) is 0.950. The van der Waals surface area contributed by atoms with Crippen LogP contribution in [0.1, 0.15) is 58.4 Å². The molecule has 2 aromatic rings. The van der Waals surface area contributed by atoms with Gasteiger partial charge in [-0.3, -0.25) is 24.5 Å². The van der Waals surface area contributed by atoms with Crippen LogP contribution in [-0.4, -0.2) is 65.0 Å². The number of alkyl halides is 3. The number of nitrogens with zero attached hydrogens (tertiary/aromatic N) is 2. The van der Waals surface area contributed by atoms with Gasteiger partial charge in [0.1, 0.15) is 24.1 Å². The first-order valence-electron chi connectivity index (χ1n) is 12.7. The number of ether oxygens (including phenoxy) is 2. The van der Waals surface area contributed by atoms with Gasteiger partial charge >= 0.3 is 6.36 Å². The van der Waals surface area contributed by atoms with Gasteiger partial charge in [-0.2, -0.15) is 0 Å². The number of carbonyl (C=O) groups excluding carboxylic acids is 4. The minimum atomic E-state index is -4.93. The van der Waals surface area contributed by atoms with Crippen molar-refractivity contribution in [1.82, 2.24) is 15.1 Å². The van der Waals surface area contributed by atoms with Gasteiger partial charge in [0.05, 0.1) is 11.6 Å². The third-order valence-corrected chi connectivity index (χ3v) is 7.17. The fraction of sp³-hybridized carbons (Fsp3) is 0.407. The molecule has 0 spiro atoms. The van der Waals surface area contributed by atoms with Crippen LogP contribution in [0.4, 0.5) is 13.2 Å². The number of benzene rings is 2. The molecule has 4 amide bonds.